The van der Waals surface area contributed by atoms with Crippen LogP contribution in [0.3, 0.4) is 0 Å². The second kappa shape index (κ2) is 8.45. The topological polar surface area (TPSA) is 101 Å². The van der Waals surface area contributed by atoms with E-state index in [1.807, 2.05) is 31.3 Å². The molecular formula is C24H28N6O2. The van der Waals surface area contributed by atoms with Crippen LogP contribution in [-0.2, 0) is 16.8 Å². The number of carbonyl (C=O) groups is 1. The normalized spacial score (nSPS) is 13.8. The van der Waals surface area contributed by atoms with E-state index in [-0.39, 0.29) is 11.3 Å². The van der Waals surface area contributed by atoms with Crippen LogP contribution in [0.1, 0.15) is 37.5 Å². The lowest BCUT2D eigenvalue weighted by molar-refractivity contribution is -0.119. The average Bonchev–Trinajstić information content (AvgIpc) is 3.08. The number of hydrogen-bond donors (Lipinski definition) is 3. The quantitative estimate of drug-likeness (QED) is 0.542. The second-order valence-corrected chi connectivity index (χ2v) is 8.62. The van der Waals surface area contributed by atoms with Gasteiger partial charge in [-0.2, -0.15) is 0 Å². The van der Waals surface area contributed by atoms with Crippen LogP contribution in [0.4, 0.5) is 17.5 Å². The van der Waals surface area contributed by atoms with Crippen LogP contribution in [0.2, 0.25) is 0 Å². The van der Waals surface area contributed by atoms with Crippen LogP contribution in [0.15, 0.2) is 36.7 Å². The number of rotatable bonds is 6. The van der Waals surface area contributed by atoms with Crippen molar-refractivity contribution in [3.63, 3.8) is 0 Å². The molecule has 0 unspecified atom stereocenters. The van der Waals surface area contributed by atoms with Crippen molar-refractivity contribution in [3.05, 3.63) is 53.3 Å². The molecule has 32 heavy (non-hydrogen) atoms. The van der Waals surface area contributed by atoms with Crippen molar-refractivity contribution >= 4 is 23.4 Å². The van der Waals surface area contributed by atoms with E-state index in [2.05, 4.69) is 45.8 Å². The molecule has 1 aromatic carbocycles. The van der Waals surface area contributed by atoms with Gasteiger partial charge in [0, 0.05) is 60.7 Å². The highest BCUT2D eigenvalue weighted by Gasteiger charge is 2.31. The molecule has 0 fully saturated rings. The number of ether oxygens (including phenoxy) is 1. The van der Waals surface area contributed by atoms with Crippen molar-refractivity contribution < 1.29 is 9.53 Å². The third-order valence-electron chi connectivity index (χ3n) is 5.76. The fourth-order valence-corrected chi connectivity index (χ4v) is 3.76. The van der Waals surface area contributed by atoms with Crippen LogP contribution < -0.4 is 20.7 Å². The molecule has 0 atom stereocenters. The van der Waals surface area contributed by atoms with E-state index in [1.165, 1.54) is 12.5 Å². The van der Waals surface area contributed by atoms with Gasteiger partial charge in [-0.05, 0) is 36.2 Å². The summed E-state index contributed by atoms with van der Waals surface area (Å²) in [5.41, 5.74) is 5.71. The summed E-state index contributed by atoms with van der Waals surface area (Å²) in [4.78, 5) is 25.1. The molecule has 0 saturated heterocycles. The Labute approximate surface area is 187 Å². The summed E-state index contributed by atoms with van der Waals surface area (Å²) < 4.78 is 5.44. The van der Waals surface area contributed by atoms with Gasteiger partial charge in [0.15, 0.2) is 0 Å². The first-order valence-corrected chi connectivity index (χ1v) is 10.5. The lowest BCUT2D eigenvalue weighted by Crippen LogP contribution is -2.19. The summed E-state index contributed by atoms with van der Waals surface area (Å²) in [6.45, 7) is 9.17. The third kappa shape index (κ3) is 4.34. The van der Waals surface area contributed by atoms with E-state index >= 15 is 0 Å². The van der Waals surface area contributed by atoms with Crippen LogP contribution >= 0.6 is 0 Å². The lowest BCUT2D eigenvalue weighted by atomic mass is 9.87. The predicted octanol–water partition coefficient (Wildman–Crippen LogP) is 3.94. The van der Waals surface area contributed by atoms with Gasteiger partial charge in [-0.3, -0.25) is 4.79 Å². The zero-order valence-corrected chi connectivity index (χ0v) is 19.0. The summed E-state index contributed by atoms with van der Waals surface area (Å²) in [5, 5.41) is 9.50. The fourth-order valence-electron chi connectivity index (χ4n) is 3.76. The highest BCUT2D eigenvalue weighted by atomic mass is 16.5. The Hall–Kier alpha value is -3.68. The van der Waals surface area contributed by atoms with Crippen molar-refractivity contribution in [3.8, 4) is 17.0 Å². The van der Waals surface area contributed by atoms with E-state index in [0.717, 1.165) is 40.4 Å². The maximum atomic E-state index is 11.4. The standard InChI is InChI=1S/C24H28N6O2/c1-14-16(11-26-15(2)31)8-18(32-5)10-21(14)30-23-25-7-6-20(29-23)17-9-19-22(27-12-17)28-13-24(19,3)4/h6-10,12H,11,13H2,1-5H3,(H,26,31)(H,27,28)(H,25,29,30). The molecule has 0 saturated carbocycles. The first-order valence-electron chi connectivity index (χ1n) is 10.5. The monoisotopic (exact) mass is 432 g/mol. The van der Waals surface area contributed by atoms with Gasteiger partial charge in [0.1, 0.15) is 11.6 Å². The Morgan fingerprint density at radius 3 is 2.81 bits per heavy atom. The van der Waals surface area contributed by atoms with Crippen LogP contribution in [0.25, 0.3) is 11.3 Å². The van der Waals surface area contributed by atoms with E-state index in [9.17, 15) is 4.79 Å². The van der Waals surface area contributed by atoms with Gasteiger partial charge in [-0.15, -0.1) is 0 Å². The number of pyridine rings is 1. The van der Waals surface area contributed by atoms with E-state index in [0.29, 0.717) is 18.2 Å². The first-order chi connectivity index (χ1) is 15.3. The Balaban J connectivity index is 1.64. The highest BCUT2D eigenvalue weighted by Crippen LogP contribution is 2.37. The molecule has 3 aromatic rings. The summed E-state index contributed by atoms with van der Waals surface area (Å²) in [6.07, 6.45) is 3.57. The van der Waals surface area contributed by atoms with Crippen molar-refractivity contribution in [2.24, 2.45) is 0 Å². The van der Waals surface area contributed by atoms with Crippen molar-refractivity contribution in [1.82, 2.24) is 20.3 Å². The summed E-state index contributed by atoms with van der Waals surface area (Å²) >= 11 is 0. The van der Waals surface area contributed by atoms with Gasteiger partial charge in [-0.25, -0.2) is 15.0 Å². The Kier molecular flexibility index (Phi) is 5.69. The Morgan fingerprint density at radius 2 is 2.06 bits per heavy atom. The molecule has 0 aliphatic carbocycles. The summed E-state index contributed by atoms with van der Waals surface area (Å²) in [6, 6.07) is 7.84. The molecule has 0 spiro atoms. The maximum absolute atomic E-state index is 11.4. The highest BCUT2D eigenvalue weighted by molar-refractivity contribution is 5.73. The minimum absolute atomic E-state index is 0.0223. The molecule has 0 radical (unpaired) electrons. The molecule has 0 bridgehead atoms. The van der Waals surface area contributed by atoms with Gasteiger partial charge in [0.2, 0.25) is 11.9 Å². The third-order valence-corrected chi connectivity index (χ3v) is 5.76. The first kappa shape index (κ1) is 21.5. The SMILES string of the molecule is COc1cc(CNC(C)=O)c(C)c(Nc2nccc(-c3cnc4c(c3)C(C)(C)CN4)n2)c1. The van der Waals surface area contributed by atoms with Crippen molar-refractivity contribution in [1.29, 1.82) is 0 Å². The second-order valence-electron chi connectivity index (χ2n) is 8.62. The van der Waals surface area contributed by atoms with Gasteiger partial charge in [-0.1, -0.05) is 13.8 Å². The molecule has 2 aromatic heterocycles. The molecule has 3 N–H and O–H groups in total. The zero-order valence-electron chi connectivity index (χ0n) is 19.0. The number of aromatic nitrogens is 3. The summed E-state index contributed by atoms with van der Waals surface area (Å²) in [7, 11) is 1.62. The molecule has 1 aliphatic heterocycles. The van der Waals surface area contributed by atoms with Crippen molar-refractivity contribution in [2.45, 2.75) is 39.7 Å². The smallest absolute Gasteiger partial charge is 0.227 e. The van der Waals surface area contributed by atoms with E-state index in [4.69, 9.17) is 9.72 Å². The number of methoxy groups -OCH3 is 1. The fraction of sp³-hybridized carbons (Fsp3) is 0.333. The number of amides is 1. The number of benzene rings is 1. The molecule has 1 amide bonds. The molecule has 166 valence electrons. The van der Waals surface area contributed by atoms with Crippen LogP contribution in [0, 0.1) is 6.92 Å². The molecule has 1 aliphatic rings. The van der Waals surface area contributed by atoms with Crippen LogP contribution in [-0.4, -0.2) is 34.5 Å². The largest absolute Gasteiger partial charge is 0.497 e. The van der Waals surface area contributed by atoms with E-state index in [1.54, 1.807) is 13.3 Å². The van der Waals surface area contributed by atoms with Crippen LogP contribution in [0.5, 0.6) is 5.75 Å². The van der Waals surface area contributed by atoms with Gasteiger partial charge >= 0.3 is 0 Å². The van der Waals surface area contributed by atoms with Crippen molar-refractivity contribution in [2.75, 3.05) is 24.3 Å². The Morgan fingerprint density at radius 1 is 1.25 bits per heavy atom. The van der Waals surface area contributed by atoms with Gasteiger partial charge in [0.25, 0.3) is 0 Å². The number of nitrogens with zero attached hydrogens (tertiary/aromatic N) is 3. The maximum Gasteiger partial charge on any atom is 0.227 e. The number of carbonyl (C=O) groups excluding carboxylic acids is 1. The molecule has 4 rings (SSSR count). The zero-order chi connectivity index (χ0) is 22.9. The number of hydrogen-bond acceptors (Lipinski definition) is 7. The lowest BCUT2D eigenvalue weighted by Gasteiger charge is -2.17. The summed E-state index contributed by atoms with van der Waals surface area (Å²) in [5.74, 6) is 2.01. The Bertz CT molecular complexity index is 1180. The minimum Gasteiger partial charge on any atom is -0.497 e. The molecular weight excluding hydrogens is 404 g/mol. The molecule has 3 heterocycles. The van der Waals surface area contributed by atoms with Gasteiger partial charge < -0.3 is 20.7 Å². The number of fused-ring (bicyclic) bond motifs is 1. The number of anilines is 3. The average molecular weight is 433 g/mol. The minimum atomic E-state index is -0.0842. The van der Waals surface area contributed by atoms with Gasteiger partial charge in [0.05, 0.1) is 12.8 Å². The predicted molar refractivity (Wildman–Crippen MR) is 125 cm³/mol. The molecule has 8 heteroatoms. The van der Waals surface area contributed by atoms with E-state index < -0.39 is 0 Å². The molecule has 8 nitrogen and oxygen atoms in total. The number of nitrogens with one attached hydrogen (secondary N) is 3.